The Balaban J connectivity index is 1.67. The number of hydrogen-bond donors (Lipinski definition) is 0. The molecule has 1 aliphatic carbocycles. The molecular formula is C15H20O3. The maximum Gasteiger partial charge on any atom is 0.306 e. The number of aryl methyl sites for hydroxylation is 1. The standard InChI is InChI=1S/C15H20O3/c1-12-5-2-3-6-13(12)11-18-15(16)9-8-14-7-4-10-17-14/h2-4,7,10,12-13H,5-6,8-9,11H2,1H3. The lowest BCUT2D eigenvalue weighted by Gasteiger charge is -2.24. The summed E-state index contributed by atoms with van der Waals surface area (Å²) < 4.78 is 10.5. The second-order valence-corrected chi connectivity index (χ2v) is 4.94. The lowest BCUT2D eigenvalue weighted by molar-refractivity contribution is -0.145. The summed E-state index contributed by atoms with van der Waals surface area (Å²) in [5, 5.41) is 0. The number of esters is 1. The van der Waals surface area contributed by atoms with Crippen molar-refractivity contribution in [2.45, 2.75) is 32.6 Å². The molecule has 98 valence electrons. The van der Waals surface area contributed by atoms with Gasteiger partial charge in [-0.25, -0.2) is 0 Å². The van der Waals surface area contributed by atoms with Gasteiger partial charge in [0.1, 0.15) is 5.76 Å². The molecule has 1 aliphatic rings. The van der Waals surface area contributed by atoms with Crippen molar-refractivity contribution in [3.8, 4) is 0 Å². The molecule has 0 spiro atoms. The molecule has 2 rings (SSSR count). The predicted molar refractivity (Wildman–Crippen MR) is 69.0 cm³/mol. The van der Waals surface area contributed by atoms with E-state index in [1.54, 1.807) is 6.26 Å². The van der Waals surface area contributed by atoms with Crippen LogP contribution in [0.5, 0.6) is 0 Å². The molecule has 0 N–H and O–H groups in total. The molecule has 1 aromatic heterocycles. The van der Waals surface area contributed by atoms with Crippen molar-refractivity contribution in [1.82, 2.24) is 0 Å². The minimum atomic E-state index is -0.131. The highest BCUT2D eigenvalue weighted by Crippen LogP contribution is 2.25. The molecule has 18 heavy (non-hydrogen) atoms. The van der Waals surface area contributed by atoms with Gasteiger partial charge in [-0.1, -0.05) is 19.1 Å². The van der Waals surface area contributed by atoms with Gasteiger partial charge in [-0.15, -0.1) is 0 Å². The van der Waals surface area contributed by atoms with Crippen molar-refractivity contribution in [2.75, 3.05) is 6.61 Å². The molecule has 1 aromatic rings. The van der Waals surface area contributed by atoms with E-state index in [1.807, 2.05) is 12.1 Å². The Kier molecular flexibility index (Phi) is 4.62. The number of rotatable bonds is 5. The van der Waals surface area contributed by atoms with E-state index in [0.29, 0.717) is 31.3 Å². The molecule has 0 saturated heterocycles. The molecule has 2 atom stereocenters. The highest BCUT2D eigenvalue weighted by Gasteiger charge is 2.19. The Morgan fingerprint density at radius 3 is 3.00 bits per heavy atom. The van der Waals surface area contributed by atoms with Crippen LogP contribution in [0.4, 0.5) is 0 Å². The number of carbonyl (C=O) groups is 1. The van der Waals surface area contributed by atoms with Gasteiger partial charge in [-0.2, -0.15) is 0 Å². The monoisotopic (exact) mass is 248 g/mol. The molecule has 0 aromatic carbocycles. The number of hydrogen-bond acceptors (Lipinski definition) is 3. The second kappa shape index (κ2) is 6.43. The van der Waals surface area contributed by atoms with Crippen LogP contribution in [0.3, 0.4) is 0 Å². The zero-order chi connectivity index (χ0) is 12.8. The highest BCUT2D eigenvalue weighted by molar-refractivity contribution is 5.69. The van der Waals surface area contributed by atoms with Gasteiger partial charge in [0.15, 0.2) is 0 Å². The van der Waals surface area contributed by atoms with Gasteiger partial charge in [-0.3, -0.25) is 4.79 Å². The molecule has 1 heterocycles. The summed E-state index contributed by atoms with van der Waals surface area (Å²) in [5.41, 5.74) is 0. The van der Waals surface area contributed by atoms with Crippen molar-refractivity contribution in [3.05, 3.63) is 36.3 Å². The van der Waals surface area contributed by atoms with Crippen LogP contribution >= 0.6 is 0 Å². The minimum Gasteiger partial charge on any atom is -0.469 e. The summed E-state index contributed by atoms with van der Waals surface area (Å²) in [4.78, 5) is 11.6. The van der Waals surface area contributed by atoms with Crippen LogP contribution in [0.1, 0.15) is 31.9 Å². The fourth-order valence-electron chi connectivity index (χ4n) is 2.19. The third kappa shape index (κ3) is 3.76. The summed E-state index contributed by atoms with van der Waals surface area (Å²) >= 11 is 0. The molecule has 2 unspecified atom stereocenters. The molecule has 0 bridgehead atoms. The first-order valence-electron chi connectivity index (χ1n) is 6.58. The quantitative estimate of drug-likeness (QED) is 0.592. The van der Waals surface area contributed by atoms with E-state index in [9.17, 15) is 4.79 Å². The first kappa shape index (κ1) is 12.9. The lowest BCUT2D eigenvalue weighted by atomic mass is 9.85. The van der Waals surface area contributed by atoms with Crippen molar-refractivity contribution in [2.24, 2.45) is 11.8 Å². The van der Waals surface area contributed by atoms with E-state index >= 15 is 0 Å². The van der Waals surface area contributed by atoms with Gasteiger partial charge >= 0.3 is 5.97 Å². The topological polar surface area (TPSA) is 39.4 Å². The van der Waals surface area contributed by atoms with Gasteiger partial charge in [0.2, 0.25) is 0 Å². The smallest absolute Gasteiger partial charge is 0.306 e. The molecule has 0 radical (unpaired) electrons. The van der Waals surface area contributed by atoms with Crippen LogP contribution in [0.25, 0.3) is 0 Å². The van der Waals surface area contributed by atoms with Crippen LogP contribution < -0.4 is 0 Å². The average Bonchev–Trinajstić information content (AvgIpc) is 2.88. The van der Waals surface area contributed by atoms with Crippen LogP contribution in [-0.2, 0) is 16.0 Å². The fraction of sp³-hybridized carbons (Fsp3) is 0.533. The highest BCUT2D eigenvalue weighted by atomic mass is 16.5. The summed E-state index contributed by atoms with van der Waals surface area (Å²) in [6, 6.07) is 3.71. The van der Waals surface area contributed by atoms with Gasteiger partial charge in [0.25, 0.3) is 0 Å². The Bertz CT molecular complexity index is 392. The van der Waals surface area contributed by atoms with Crippen molar-refractivity contribution in [1.29, 1.82) is 0 Å². The summed E-state index contributed by atoms with van der Waals surface area (Å²) in [6.07, 6.45) is 9.13. The molecule has 0 fully saturated rings. The van der Waals surface area contributed by atoms with Gasteiger partial charge in [0, 0.05) is 6.42 Å². The van der Waals surface area contributed by atoms with Crippen LogP contribution in [-0.4, -0.2) is 12.6 Å². The maximum atomic E-state index is 11.6. The van der Waals surface area contributed by atoms with E-state index < -0.39 is 0 Å². The normalized spacial score (nSPS) is 22.9. The van der Waals surface area contributed by atoms with E-state index in [2.05, 4.69) is 19.1 Å². The average molecular weight is 248 g/mol. The first-order chi connectivity index (χ1) is 8.75. The lowest BCUT2D eigenvalue weighted by Crippen LogP contribution is -2.21. The molecule has 0 aliphatic heterocycles. The number of furan rings is 1. The Labute approximate surface area is 108 Å². The van der Waals surface area contributed by atoms with Crippen molar-refractivity contribution < 1.29 is 13.9 Å². The minimum absolute atomic E-state index is 0.131. The first-order valence-corrected chi connectivity index (χ1v) is 6.58. The van der Waals surface area contributed by atoms with Crippen LogP contribution in [0, 0.1) is 11.8 Å². The Morgan fingerprint density at radius 1 is 1.44 bits per heavy atom. The molecule has 0 saturated carbocycles. The third-order valence-corrected chi connectivity index (χ3v) is 3.53. The maximum absolute atomic E-state index is 11.6. The van der Waals surface area contributed by atoms with Gasteiger partial charge in [0.05, 0.1) is 19.3 Å². The molecule has 3 nitrogen and oxygen atoms in total. The van der Waals surface area contributed by atoms with Crippen molar-refractivity contribution in [3.63, 3.8) is 0 Å². The third-order valence-electron chi connectivity index (χ3n) is 3.53. The Morgan fingerprint density at radius 2 is 2.28 bits per heavy atom. The van der Waals surface area contributed by atoms with E-state index in [1.165, 1.54) is 0 Å². The largest absolute Gasteiger partial charge is 0.469 e. The molecule has 3 heteroatoms. The van der Waals surface area contributed by atoms with Crippen LogP contribution in [0.2, 0.25) is 0 Å². The molecular weight excluding hydrogens is 228 g/mol. The number of ether oxygens (including phenoxy) is 1. The van der Waals surface area contributed by atoms with Crippen molar-refractivity contribution >= 4 is 5.97 Å². The Hall–Kier alpha value is -1.51. The van der Waals surface area contributed by atoms with Gasteiger partial charge < -0.3 is 9.15 Å². The zero-order valence-corrected chi connectivity index (χ0v) is 10.8. The second-order valence-electron chi connectivity index (χ2n) is 4.94. The summed E-state index contributed by atoms with van der Waals surface area (Å²) in [7, 11) is 0. The van der Waals surface area contributed by atoms with Crippen LogP contribution in [0.15, 0.2) is 35.0 Å². The van der Waals surface area contributed by atoms with E-state index in [-0.39, 0.29) is 5.97 Å². The molecule has 0 amide bonds. The number of carbonyl (C=O) groups excluding carboxylic acids is 1. The predicted octanol–water partition coefficient (Wildman–Crippen LogP) is 3.36. The summed E-state index contributed by atoms with van der Waals surface area (Å²) in [5.74, 6) is 1.78. The number of allylic oxidation sites excluding steroid dienone is 2. The fourth-order valence-corrected chi connectivity index (χ4v) is 2.19. The summed E-state index contributed by atoms with van der Waals surface area (Å²) in [6.45, 7) is 2.76. The van der Waals surface area contributed by atoms with E-state index in [0.717, 1.165) is 18.6 Å². The van der Waals surface area contributed by atoms with Gasteiger partial charge in [-0.05, 0) is 36.8 Å². The van der Waals surface area contributed by atoms with E-state index in [4.69, 9.17) is 9.15 Å². The SMILES string of the molecule is CC1CC=CCC1COC(=O)CCc1ccco1. The zero-order valence-electron chi connectivity index (χ0n) is 10.8.